The van der Waals surface area contributed by atoms with Crippen LogP contribution in [-0.2, 0) is 21.4 Å². The zero-order valence-electron chi connectivity index (χ0n) is 15.1. The minimum absolute atomic E-state index is 0.0327. The molecule has 1 aromatic carbocycles. The second-order valence-corrected chi connectivity index (χ2v) is 6.10. The number of nitrogens with one attached hydrogen (secondary N) is 1. The van der Waals surface area contributed by atoms with Crippen LogP contribution in [0, 0.1) is 13.8 Å². The number of rotatable bonds is 4. The van der Waals surface area contributed by atoms with Gasteiger partial charge in [-0.25, -0.2) is 4.79 Å². The molecule has 0 unspecified atom stereocenters. The van der Waals surface area contributed by atoms with Gasteiger partial charge in [-0.3, -0.25) is 9.48 Å². The predicted octanol–water partition coefficient (Wildman–Crippen LogP) is 1.75. The Hall–Kier alpha value is -3.03. The molecule has 0 spiro atoms. The lowest BCUT2D eigenvalue weighted by atomic mass is 10.2. The Balaban J connectivity index is 1.60. The summed E-state index contributed by atoms with van der Waals surface area (Å²) in [6, 6.07) is 7.06. The zero-order chi connectivity index (χ0) is 18.8. The lowest BCUT2D eigenvalue weighted by Crippen LogP contribution is -2.41. The summed E-state index contributed by atoms with van der Waals surface area (Å²) in [4.78, 5) is 24.6. The summed E-state index contributed by atoms with van der Waals surface area (Å²) in [7, 11) is 1.79. The van der Waals surface area contributed by atoms with Gasteiger partial charge < -0.3 is 19.5 Å². The molecule has 2 heterocycles. The third-order valence-corrected chi connectivity index (χ3v) is 4.19. The van der Waals surface area contributed by atoms with Gasteiger partial charge in [-0.1, -0.05) is 12.1 Å². The van der Waals surface area contributed by atoms with E-state index in [-0.39, 0.29) is 6.61 Å². The van der Waals surface area contributed by atoms with E-state index in [9.17, 15) is 9.59 Å². The predicted molar refractivity (Wildman–Crippen MR) is 93.2 cm³/mol. The summed E-state index contributed by atoms with van der Waals surface area (Å²) >= 11 is 0. The second-order valence-electron chi connectivity index (χ2n) is 6.10. The molecule has 1 aromatic heterocycles. The highest BCUT2D eigenvalue weighted by Gasteiger charge is 2.31. The van der Waals surface area contributed by atoms with Crippen LogP contribution < -0.4 is 14.8 Å². The summed E-state index contributed by atoms with van der Waals surface area (Å²) in [5.74, 6) is -0.0410. The first kappa shape index (κ1) is 17.8. The molecule has 1 N–H and O–H groups in total. The van der Waals surface area contributed by atoms with Crippen molar-refractivity contribution in [1.29, 1.82) is 0 Å². The van der Waals surface area contributed by atoms with Crippen molar-refractivity contribution in [3.05, 3.63) is 35.7 Å². The Morgan fingerprint density at radius 2 is 2.00 bits per heavy atom. The van der Waals surface area contributed by atoms with E-state index in [0.717, 1.165) is 5.69 Å². The number of benzene rings is 1. The summed E-state index contributed by atoms with van der Waals surface area (Å²) in [5.41, 5.74) is 2.12. The average molecular weight is 359 g/mol. The number of aromatic nitrogens is 2. The van der Waals surface area contributed by atoms with Crippen LogP contribution >= 0.6 is 0 Å². The van der Waals surface area contributed by atoms with Crippen molar-refractivity contribution < 1.29 is 23.8 Å². The number of hydrogen-bond donors (Lipinski definition) is 1. The molecule has 0 radical (unpaired) electrons. The van der Waals surface area contributed by atoms with Gasteiger partial charge in [-0.2, -0.15) is 5.10 Å². The van der Waals surface area contributed by atoms with Gasteiger partial charge in [0.25, 0.3) is 5.91 Å². The molecule has 8 heteroatoms. The number of ether oxygens (including phenoxy) is 3. The number of fused-ring (bicyclic) bond motifs is 1. The zero-order valence-corrected chi connectivity index (χ0v) is 15.1. The lowest BCUT2D eigenvalue weighted by Gasteiger charge is -2.25. The van der Waals surface area contributed by atoms with Crippen LogP contribution in [0.3, 0.4) is 0 Å². The van der Waals surface area contributed by atoms with Gasteiger partial charge in [-0.05, 0) is 32.9 Å². The Bertz CT molecular complexity index is 845. The van der Waals surface area contributed by atoms with Crippen LogP contribution in [0.1, 0.15) is 18.3 Å². The Morgan fingerprint density at radius 3 is 2.65 bits per heavy atom. The van der Waals surface area contributed by atoms with Crippen LogP contribution in [0.4, 0.5) is 5.69 Å². The molecule has 8 nitrogen and oxygen atoms in total. The number of anilines is 1. The van der Waals surface area contributed by atoms with Crippen molar-refractivity contribution in [3.63, 3.8) is 0 Å². The number of nitrogens with zero attached hydrogens (tertiary/aromatic N) is 2. The first-order valence-corrected chi connectivity index (χ1v) is 8.27. The van der Waals surface area contributed by atoms with E-state index in [1.807, 2.05) is 13.0 Å². The number of carbonyl (C=O) groups excluding carboxylic acids is 2. The quantitative estimate of drug-likeness (QED) is 0.836. The van der Waals surface area contributed by atoms with Crippen molar-refractivity contribution >= 4 is 17.6 Å². The van der Waals surface area contributed by atoms with Crippen molar-refractivity contribution in [2.75, 3.05) is 11.9 Å². The minimum atomic E-state index is -0.984. The van der Waals surface area contributed by atoms with E-state index < -0.39 is 24.1 Å². The molecule has 3 rings (SSSR count). The molecule has 0 bridgehead atoms. The van der Waals surface area contributed by atoms with Gasteiger partial charge in [0.15, 0.2) is 17.6 Å². The Morgan fingerprint density at radius 1 is 1.31 bits per heavy atom. The normalized spacial score (nSPS) is 16.7. The summed E-state index contributed by atoms with van der Waals surface area (Å²) < 4.78 is 18.0. The summed E-state index contributed by atoms with van der Waals surface area (Å²) in [6.07, 6.45) is -1.90. The molecular weight excluding hydrogens is 338 g/mol. The molecule has 0 aliphatic carbocycles. The van der Waals surface area contributed by atoms with E-state index in [1.54, 1.807) is 36.9 Å². The maximum Gasteiger partial charge on any atom is 0.351 e. The van der Waals surface area contributed by atoms with Crippen molar-refractivity contribution in [1.82, 2.24) is 9.78 Å². The minimum Gasteiger partial charge on any atom is -0.485 e. The Kier molecular flexibility index (Phi) is 4.83. The molecule has 1 aliphatic heterocycles. The standard InChI is InChI=1S/C18H21N3O5/c1-10-16(11(2)21(4)20-10)19-17(22)12(3)25-18(23)15-9-24-13-7-5-6-8-14(13)26-15/h5-8,12,15H,9H2,1-4H3,(H,19,22)/t12-,15+/m0/s1. The number of amides is 1. The van der Waals surface area contributed by atoms with Crippen molar-refractivity contribution in [2.45, 2.75) is 33.0 Å². The molecule has 0 saturated heterocycles. The van der Waals surface area contributed by atoms with E-state index in [1.165, 1.54) is 6.92 Å². The van der Waals surface area contributed by atoms with E-state index in [2.05, 4.69) is 10.4 Å². The van der Waals surface area contributed by atoms with E-state index in [0.29, 0.717) is 22.9 Å². The fourth-order valence-corrected chi connectivity index (χ4v) is 2.62. The third kappa shape index (κ3) is 3.49. The highest BCUT2D eigenvalue weighted by atomic mass is 16.6. The number of hydrogen-bond acceptors (Lipinski definition) is 6. The van der Waals surface area contributed by atoms with E-state index >= 15 is 0 Å². The largest absolute Gasteiger partial charge is 0.485 e. The fraction of sp³-hybridized carbons (Fsp3) is 0.389. The molecule has 26 heavy (non-hydrogen) atoms. The average Bonchev–Trinajstić information content (AvgIpc) is 2.87. The maximum absolute atomic E-state index is 12.3. The molecular formula is C18H21N3O5. The van der Waals surface area contributed by atoms with Crippen LogP contribution in [0.2, 0.25) is 0 Å². The number of para-hydroxylation sites is 2. The van der Waals surface area contributed by atoms with Crippen LogP contribution in [0.25, 0.3) is 0 Å². The molecule has 2 aromatic rings. The first-order chi connectivity index (χ1) is 12.4. The highest BCUT2D eigenvalue weighted by Crippen LogP contribution is 2.31. The second kappa shape index (κ2) is 7.07. The van der Waals surface area contributed by atoms with Crippen LogP contribution in [0.15, 0.2) is 24.3 Å². The summed E-state index contributed by atoms with van der Waals surface area (Å²) in [5, 5.41) is 6.99. The number of carbonyl (C=O) groups is 2. The first-order valence-electron chi connectivity index (χ1n) is 8.27. The monoisotopic (exact) mass is 359 g/mol. The van der Waals surface area contributed by atoms with Crippen molar-refractivity contribution in [2.24, 2.45) is 7.05 Å². The third-order valence-electron chi connectivity index (χ3n) is 4.19. The van der Waals surface area contributed by atoms with Gasteiger partial charge in [0.1, 0.15) is 6.61 Å². The molecule has 0 saturated carbocycles. The van der Waals surface area contributed by atoms with Crippen LogP contribution in [-0.4, -0.2) is 40.5 Å². The van der Waals surface area contributed by atoms with Crippen LogP contribution in [0.5, 0.6) is 11.5 Å². The lowest BCUT2D eigenvalue weighted by molar-refractivity contribution is -0.162. The van der Waals surface area contributed by atoms with Gasteiger partial charge in [0.05, 0.1) is 17.1 Å². The molecule has 2 atom stereocenters. The van der Waals surface area contributed by atoms with Gasteiger partial charge in [0.2, 0.25) is 6.10 Å². The number of esters is 1. The Labute approximate surface area is 151 Å². The summed E-state index contributed by atoms with van der Waals surface area (Å²) in [6.45, 7) is 5.18. The molecule has 0 fully saturated rings. The molecule has 138 valence electrons. The molecule has 1 amide bonds. The molecule has 1 aliphatic rings. The smallest absolute Gasteiger partial charge is 0.351 e. The van der Waals surface area contributed by atoms with Gasteiger partial charge in [0, 0.05) is 7.05 Å². The fourth-order valence-electron chi connectivity index (χ4n) is 2.62. The van der Waals surface area contributed by atoms with E-state index in [4.69, 9.17) is 14.2 Å². The van der Waals surface area contributed by atoms with Gasteiger partial charge in [-0.15, -0.1) is 0 Å². The van der Waals surface area contributed by atoms with Crippen molar-refractivity contribution in [3.8, 4) is 11.5 Å². The SMILES string of the molecule is Cc1nn(C)c(C)c1NC(=O)[C@H](C)OC(=O)[C@H]1COc2ccccc2O1. The topological polar surface area (TPSA) is 91.7 Å². The maximum atomic E-state index is 12.3. The van der Waals surface area contributed by atoms with Gasteiger partial charge >= 0.3 is 5.97 Å². The number of aryl methyl sites for hydroxylation is 2. The highest BCUT2D eigenvalue weighted by molar-refractivity contribution is 5.96.